The molecule has 4 saturated carbocycles. The Kier molecular flexibility index (Phi) is 4.99. The summed E-state index contributed by atoms with van der Waals surface area (Å²) in [5.74, 6) is 2.69. The smallest absolute Gasteiger partial charge is 0.303 e. The van der Waals surface area contributed by atoms with E-state index >= 15 is 0 Å². The van der Waals surface area contributed by atoms with Gasteiger partial charge in [-0.3, -0.25) is 14.4 Å². The Morgan fingerprint density at radius 3 is 2.57 bits per heavy atom. The highest BCUT2D eigenvalue weighted by atomic mass is 16.4. The molecule has 4 nitrogen and oxygen atoms in total. The van der Waals surface area contributed by atoms with Gasteiger partial charge in [-0.1, -0.05) is 20.8 Å². The fourth-order valence-electron chi connectivity index (χ4n) is 8.25. The fourth-order valence-corrected chi connectivity index (χ4v) is 8.25. The lowest BCUT2D eigenvalue weighted by atomic mass is 9.44. The summed E-state index contributed by atoms with van der Waals surface area (Å²) in [7, 11) is 0. The summed E-state index contributed by atoms with van der Waals surface area (Å²) in [6, 6.07) is 0. The van der Waals surface area contributed by atoms with Crippen LogP contribution in [0.15, 0.2) is 0 Å². The number of carbonyl (C=O) groups excluding carboxylic acids is 2. The Hall–Kier alpha value is -1.19. The van der Waals surface area contributed by atoms with Crippen LogP contribution in [0, 0.1) is 46.3 Å². The predicted octanol–water partition coefficient (Wildman–Crippen LogP) is 4.89. The van der Waals surface area contributed by atoms with Crippen LogP contribution in [0.2, 0.25) is 0 Å². The Balaban J connectivity index is 1.58. The first-order valence-corrected chi connectivity index (χ1v) is 11.4. The zero-order valence-corrected chi connectivity index (χ0v) is 17.7. The summed E-state index contributed by atoms with van der Waals surface area (Å²) in [6.07, 6.45) is 8.43. The van der Waals surface area contributed by atoms with E-state index in [1.54, 1.807) is 0 Å². The maximum atomic E-state index is 13.6. The van der Waals surface area contributed by atoms with Crippen LogP contribution >= 0.6 is 0 Å². The Morgan fingerprint density at radius 1 is 1.11 bits per heavy atom. The molecule has 4 rings (SSSR count). The van der Waals surface area contributed by atoms with Gasteiger partial charge in [0.1, 0.15) is 11.6 Å². The molecule has 4 aliphatic carbocycles. The van der Waals surface area contributed by atoms with Crippen LogP contribution in [0.3, 0.4) is 0 Å². The Labute approximate surface area is 168 Å². The van der Waals surface area contributed by atoms with Crippen molar-refractivity contribution in [2.75, 3.05) is 0 Å². The van der Waals surface area contributed by atoms with E-state index in [1.807, 2.05) is 0 Å². The molecule has 1 N–H and O–H groups in total. The second-order valence-corrected chi connectivity index (χ2v) is 10.9. The minimum absolute atomic E-state index is 0.154. The van der Waals surface area contributed by atoms with Gasteiger partial charge in [-0.2, -0.15) is 0 Å². The number of fused-ring (bicyclic) bond motifs is 5. The van der Waals surface area contributed by atoms with Gasteiger partial charge in [0, 0.05) is 31.1 Å². The number of aliphatic carboxylic acids is 1. The summed E-state index contributed by atoms with van der Waals surface area (Å²) in [5, 5.41) is 9.07. The normalized spacial score (nSPS) is 46.5. The molecule has 0 radical (unpaired) electrons. The van der Waals surface area contributed by atoms with Crippen LogP contribution < -0.4 is 0 Å². The van der Waals surface area contributed by atoms with Crippen molar-refractivity contribution in [3.63, 3.8) is 0 Å². The lowest BCUT2D eigenvalue weighted by Gasteiger charge is -2.59. The molecule has 0 aliphatic heterocycles. The van der Waals surface area contributed by atoms with Crippen LogP contribution in [0.5, 0.6) is 0 Å². The van der Waals surface area contributed by atoms with Gasteiger partial charge in [0.15, 0.2) is 0 Å². The molecule has 28 heavy (non-hydrogen) atoms. The van der Waals surface area contributed by atoms with Gasteiger partial charge < -0.3 is 5.11 Å². The summed E-state index contributed by atoms with van der Waals surface area (Å²) in [4.78, 5) is 36.7. The number of Topliss-reactive ketones (excluding diaryl/α,β-unsaturated/α-hetero) is 2. The molecular formula is C24H36O4. The third-order valence-corrected chi connectivity index (χ3v) is 9.91. The molecule has 0 aromatic heterocycles. The monoisotopic (exact) mass is 388 g/mol. The van der Waals surface area contributed by atoms with Gasteiger partial charge >= 0.3 is 5.97 Å². The fraction of sp³-hybridized carbons (Fsp3) is 0.875. The van der Waals surface area contributed by atoms with E-state index in [4.69, 9.17) is 5.11 Å². The molecule has 0 aromatic rings. The molecule has 0 spiro atoms. The SMILES string of the molecule is C[C@H](CCC(=O)O)[C@H]1CCC2C3CC[C@@H]4CC(=O)CC[C@]4(C)C3CC(=O)[C@@]21C. The van der Waals surface area contributed by atoms with E-state index in [-0.39, 0.29) is 23.2 Å². The van der Waals surface area contributed by atoms with E-state index in [0.717, 1.165) is 32.1 Å². The standard InChI is InChI=1S/C24H36O4/c1-14(4-9-22(27)28)18-7-8-19-17-6-5-15-12-16(25)10-11-23(15,2)20(17)13-21(26)24(18,19)3/h14-15,17-20H,4-13H2,1-3H3,(H,27,28)/t14-,15-,17?,18-,19?,20?,23+,24-/m1/s1. The zero-order chi connectivity index (χ0) is 20.3. The van der Waals surface area contributed by atoms with Gasteiger partial charge in [0.2, 0.25) is 0 Å². The molecule has 0 heterocycles. The largest absolute Gasteiger partial charge is 0.481 e. The lowest BCUT2D eigenvalue weighted by Crippen LogP contribution is -2.57. The van der Waals surface area contributed by atoms with E-state index < -0.39 is 5.97 Å². The average Bonchev–Trinajstić information content (AvgIpc) is 3.00. The highest BCUT2D eigenvalue weighted by molar-refractivity contribution is 5.87. The van der Waals surface area contributed by atoms with Gasteiger partial charge in [-0.05, 0) is 79.4 Å². The number of carboxylic acid groups (broad SMARTS) is 1. The van der Waals surface area contributed by atoms with Crippen LogP contribution in [0.25, 0.3) is 0 Å². The average molecular weight is 389 g/mol. The third-order valence-electron chi connectivity index (χ3n) is 9.91. The summed E-state index contributed by atoms with van der Waals surface area (Å²) >= 11 is 0. The molecule has 0 saturated heterocycles. The number of hydrogen-bond donors (Lipinski definition) is 1. The maximum absolute atomic E-state index is 13.6. The molecule has 0 amide bonds. The topological polar surface area (TPSA) is 71.4 Å². The van der Waals surface area contributed by atoms with Crippen molar-refractivity contribution in [2.45, 2.75) is 85.0 Å². The quantitative estimate of drug-likeness (QED) is 0.744. The van der Waals surface area contributed by atoms with E-state index in [2.05, 4.69) is 20.8 Å². The van der Waals surface area contributed by atoms with Gasteiger partial charge in [0.05, 0.1) is 0 Å². The van der Waals surface area contributed by atoms with Crippen LogP contribution in [0.1, 0.15) is 85.0 Å². The van der Waals surface area contributed by atoms with E-state index in [9.17, 15) is 14.4 Å². The number of ketones is 2. The van der Waals surface area contributed by atoms with Crippen molar-refractivity contribution in [2.24, 2.45) is 46.3 Å². The van der Waals surface area contributed by atoms with Crippen molar-refractivity contribution < 1.29 is 19.5 Å². The summed E-state index contributed by atoms with van der Waals surface area (Å²) < 4.78 is 0. The first-order valence-electron chi connectivity index (χ1n) is 11.4. The molecule has 156 valence electrons. The molecule has 4 fully saturated rings. The number of carbonyl (C=O) groups is 3. The van der Waals surface area contributed by atoms with Gasteiger partial charge in [-0.15, -0.1) is 0 Å². The Morgan fingerprint density at radius 2 is 1.86 bits per heavy atom. The molecule has 0 bridgehead atoms. The van der Waals surface area contributed by atoms with Crippen molar-refractivity contribution in [3.05, 3.63) is 0 Å². The van der Waals surface area contributed by atoms with Crippen LogP contribution in [0.4, 0.5) is 0 Å². The third kappa shape index (κ3) is 2.89. The molecule has 4 heteroatoms. The van der Waals surface area contributed by atoms with Crippen molar-refractivity contribution >= 4 is 17.5 Å². The molecule has 4 aliphatic rings. The summed E-state index contributed by atoms with van der Waals surface area (Å²) in [5.41, 5.74) is -0.117. The maximum Gasteiger partial charge on any atom is 0.303 e. The molecule has 0 aromatic carbocycles. The highest BCUT2D eigenvalue weighted by Gasteiger charge is 2.63. The van der Waals surface area contributed by atoms with E-state index in [0.29, 0.717) is 60.4 Å². The van der Waals surface area contributed by atoms with Crippen molar-refractivity contribution in [3.8, 4) is 0 Å². The number of rotatable bonds is 4. The Bertz CT molecular complexity index is 684. The first-order chi connectivity index (χ1) is 13.2. The number of carboxylic acids is 1. The van der Waals surface area contributed by atoms with E-state index in [1.165, 1.54) is 6.42 Å². The lowest BCUT2D eigenvalue weighted by molar-refractivity contribution is -0.159. The van der Waals surface area contributed by atoms with Crippen molar-refractivity contribution in [1.82, 2.24) is 0 Å². The molecule has 8 atom stereocenters. The second kappa shape index (κ2) is 6.95. The summed E-state index contributed by atoms with van der Waals surface area (Å²) in [6.45, 7) is 6.74. The van der Waals surface area contributed by atoms with Gasteiger partial charge in [-0.25, -0.2) is 0 Å². The van der Waals surface area contributed by atoms with Crippen LogP contribution in [-0.2, 0) is 14.4 Å². The first kappa shape index (κ1) is 20.1. The van der Waals surface area contributed by atoms with Crippen LogP contribution in [-0.4, -0.2) is 22.6 Å². The highest BCUT2D eigenvalue weighted by Crippen LogP contribution is 2.67. The van der Waals surface area contributed by atoms with Gasteiger partial charge in [0.25, 0.3) is 0 Å². The minimum Gasteiger partial charge on any atom is -0.481 e. The number of hydrogen-bond acceptors (Lipinski definition) is 3. The second-order valence-electron chi connectivity index (χ2n) is 10.9. The zero-order valence-electron chi connectivity index (χ0n) is 17.7. The molecule has 3 unspecified atom stereocenters. The van der Waals surface area contributed by atoms with Crippen molar-refractivity contribution in [1.29, 1.82) is 0 Å². The molecular weight excluding hydrogens is 352 g/mol. The minimum atomic E-state index is -0.736. The predicted molar refractivity (Wildman–Crippen MR) is 107 cm³/mol.